The van der Waals surface area contributed by atoms with Gasteiger partial charge in [0.25, 0.3) is 0 Å². The van der Waals surface area contributed by atoms with Crippen LogP contribution in [0.15, 0.2) is 35.5 Å². The third-order valence-electron chi connectivity index (χ3n) is 4.46. The number of H-pyrrole nitrogens is 1. The lowest BCUT2D eigenvalue weighted by atomic mass is 10.1. The Hall–Kier alpha value is -2.30. The average molecular weight is 556 g/mol. The molecule has 0 saturated carbocycles. The number of rotatable bonds is 9. The van der Waals surface area contributed by atoms with Crippen LogP contribution < -0.4 is 16.0 Å². The normalized spacial score (nSPS) is 11.5. The van der Waals surface area contributed by atoms with Gasteiger partial charge in [0, 0.05) is 31.0 Å². The molecule has 0 bridgehead atoms. The van der Waals surface area contributed by atoms with Crippen LogP contribution in [0.5, 0.6) is 0 Å². The quantitative estimate of drug-likeness (QED) is 0.159. The second-order valence-corrected chi connectivity index (χ2v) is 8.39. The molecule has 0 aliphatic heterocycles. The Morgan fingerprint density at radius 3 is 2.47 bits per heavy atom. The van der Waals surface area contributed by atoms with E-state index in [4.69, 9.17) is 4.74 Å². The summed E-state index contributed by atoms with van der Waals surface area (Å²) >= 11 is 0. The number of benzene rings is 1. The van der Waals surface area contributed by atoms with Crippen LogP contribution in [0.25, 0.3) is 0 Å². The van der Waals surface area contributed by atoms with Gasteiger partial charge >= 0.3 is 6.09 Å². The van der Waals surface area contributed by atoms with E-state index in [9.17, 15) is 4.79 Å². The SMILES string of the molecule is CCNC(=NCCCc1cn[nH]c1C)NCCc1ccc(NC(=O)OC(C)(C)C)cc1.I. The number of carbonyl (C=O) groups is 1. The summed E-state index contributed by atoms with van der Waals surface area (Å²) in [5, 5.41) is 16.4. The molecule has 0 aliphatic carbocycles. The summed E-state index contributed by atoms with van der Waals surface area (Å²) in [6.45, 7) is 12.0. The maximum Gasteiger partial charge on any atom is 0.412 e. The number of nitrogens with one attached hydrogen (secondary N) is 4. The monoisotopic (exact) mass is 556 g/mol. The lowest BCUT2D eigenvalue weighted by Gasteiger charge is -2.19. The Labute approximate surface area is 208 Å². The van der Waals surface area contributed by atoms with E-state index >= 15 is 0 Å². The van der Waals surface area contributed by atoms with E-state index < -0.39 is 11.7 Å². The second-order valence-electron chi connectivity index (χ2n) is 8.39. The molecule has 1 aromatic carbocycles. The number of hydrogen-bond donors (Lipinski definition) is 4. The highest BCUT2D eigenvalue weighted by molar-refractivity contribution is 14.0. The van der Waals surface area contributed by atoms with Crippen molar-refractivity contribution in [2.75, 3.05) is 25.0 Å². The number of halogens is 1. The summed E-state index contributed by atoms with van der Waals surface area (Å²) in [7, 11) is 0. The first-order valence-electron chi connectivity index (χ1n) is 10.9. The van der Waals surface area contributed by atoms with Gasteiger partial charge in [-0.3, -0.25) is 15.4 Å². The molecule has 0 spiro atoms. The Morgan fingerprint density at radius 1 is 1.16 bits per heavy atom. The first-order chi connectivity index (χ1) is 14.8. The number of ether oxygens (including phenoxy) is 1. The Morgan fingerprint density at radius 2 is 1.88 bits per heavy atom. The molecule has 0 fully saturated rings. The van der Waals surface area contributed by atoms with Crippen LogP contribution in [0.2, 0.25) is 0 Å². The van der Waals surface area contributed by atoms with Gasteiger partial charge in [-0.25, -0.2) is 4.79 Å². The number of guanidine groups is 1. The van der Waals surface area contributed by atoms with Crippen molar-refractivity contribution < 1.29 is 9.53 Å². The third-order valence-corrected chi connectivity index (χ3v) is 4.46. The lowest BCUT2D eigenvalue weighted by molar-refractivity contribution is 0.0636. The van der Waals surface area contributed by atoms with E-state index in [1.807, 2.05) is 58.2 Å². The summed E-state index contributed by atoms with van der Waals surface area (Å²) < 4.78 is 5.27. The van der Waals surface area contributed by atoms with Crippen LogP contribution in [0.3, 0.4) is 0 Å². The molecule has 8 nitrogen and oxygen atoms in total. The minimum absolute atomic E-state index is 0. The van der Waals surface area contributed by atoms with E-state index in [1.54, 1.807) is 0 Å². The fourth-order valence-corrected chi connectivity index (χ4v) is 2.93. The molecule has 1 aromatic heterocycles. The maximum absolute atomic E-state index is 11.8. The van der Waals surface area contributed by atoms with Crippen LogP contribution >= 0.6 is 24.0 Å². The zero-order valence-electron chi connectivity index (χ0n) is 19.7. The van der Waals surface area contributed by atoms with Gasteiger partial charge in [-0.15, -0.1) is 24.0 Å². The lowest BCUT2D eigenvalue weighted by Crippen LogP contribution is -2.38. The largest absolute Gasteiger partial charge is 0.444 e. The zero-order chi connectivity index (χ0) is 22.7. The minimum Gasteiger partial charge on any atom is -0.444 e. The molecule has 2 rings (SSSR count). The summed E-state index contributed by atoms with van der Waals surface area (Å²) in [5.74, 6) is 0.828. The highest BCUT2D eigenvalue weighted by atomic mass is 127. The van der Waals surface area contributed by atoms with E-state index in [0.29, 0.717) is 5.69 Å². The fraction of sp³-hybridized carbons (Fsp3) is 0.522. The first-order valence-corrected chi connectivity index (χ1v) is 10.9. The zero-order valence-corrected chi connectivity index (χ0v) is 22.1. The summed E-state index contributed by atoms with van der Waals surface area (Å²) in [6, 6.07) is 7.78. The van der Waals surface area contributed by atoms with Gasteiger partial charge in [-0.1, -0.05) is 12.1 Å². The fourth-order valence-electron chi connectivity index (χ4n) is 2.93. The highest BCUT2D eigenvalue weighted by Crippen LogP contribution is 2.13. The molecular weight excluding hydrogens is 519 g/mol. The molecule has 0 aliphatic rings. The van der Waals surface area contributed by atoms with Crippen molar-refractivity contribution in [3.8, 4) is 0 Å². The number of aromatic amines is 1. The molecule has 4 N–H and O–H groups in total. The van der Waals surface area contributed by atoms with Gasteiger partial charge in [0.1, 0.15) is 5.60 Å². The van der Waals surface area contributed by atoms with Crippen molar-refractivity contribution in [1.29, 1.82) is 0 Å². The van der Waals surface area contributed by atoms with E-state index in [1.165, 1.54) is 11.1 Å². The summed E-state index contributed by atoms with van der Waals surface area (Å²) in [5.41, 5.74) is 3.75. The molecule has 2 aromatic rings. The number of carbonyl (C=O) groups excluding carboxylic acids is 1. The van der Waals surface area contributed by atoms with Crippen LogP contribution in [0.4, 0.5) is 10.5 Å². The number of nitrogens with zero attached hydrogens (tertiary/aromatic N) is 2. The van der Waals surface area contributed by atoms with Gasteiger partial charge in [0.2, 0.25) is 0 Å². The molecule has 32 heavy (non-hydrogen) atoms. The average Bonchev–Trinajstić information content (AvgIpc) is 3.10. The van der Waals surface area contributed by atoms with Crippen molar-refractivity contribution in [3.63, 3.8) is 0 Å². The summed E-state index contributed by atoms with van der Waals surface area (Å²) in [4.78, 5) is 16.5. The topological polar surface area (TPSA) is 103 Å². The van der Waals surface area contributed by atoms with Gasteiger partial charge < -0.3 is 15.4 Å². The number of anilines is 1. The molecule has 178 valence electrons. The standard InChI is InChI=1S/C23H36N6O2.HI/c1-6-24-21(25-14-7-8-19-16-27-29-17(19)2)26-15-13-18-9-11-20(12-10-18)28-22(30)31-23(3,4)5;/h9-12,16H,6-8,13-15H2,1-5H3,(H,27,29)(H,28,30)(H2,24,25,26);1H. The van der Waals surface area contributed by atoms with Crippen molar-refractivity contribution in [2.45, 2.75) is 59.5 Å². The Bertz CT molecular complexity index is 843. The van der Waals surface area contributed by atoms with Gasteiger partial charge in [0.05, 0.1) is 6.20 Å². The first kappa shape index (κ1) is 27.7. The van der Waals surface area contributed by atoms with E-state index in [0.717, 1.165) is 50.6 Å². The number of aryl methyl sites for hydroxylation is 2. The number of amides is 1. The van der Waals surface area contributed by atoms with Gasteiger partial charge in [-0.05, 0) is 77.1 Å². The summed E-state index contributed by atoms with van der Waals surface area (Å²) in [6.07, 6.45) is 4.23. The molecule has 0 atom stereocenters. The molecular formula is C23H37IN6O2. The van der Waals surface area contributed by atoms with Gasteiger partial charge in [0.15, 0.2) is 5.96 Å². The minimum atomic E-state index is -0.514. The Kier molecular flexibility index (Phi) is 12.1. The third kappa shape index (κ3) is 10.8. The van der Waals surface area contributed by atoms with Crippen LogP contribution in [-0.2, 0) is 17.6 Å². The number of hydrogen-bond acceptors (Lipinski definition) is 4. The molecule has 1 amide bonds. The molecule has 0 saturated heterocycles. The van der Waals surface area contributed by atoms with Crippen molar-refractivity contribution in [1.82, 2.24) is 20.8 Å². The molecule has 1 heterocycles. The Balaban J connectivity index is 0.00000512. The number of aliphatic imine (C=N–C) groups is 1. The van der Waals surface area contributed by atoms with E-state index in [2.05, 4.69) is 38.1 Å². The predicted molar refractivity (Wildman–Crippen MR) is 141 cm³/mol. The van der Waals surface area contributed by atoms with Crippen molar-refractivity contribution >= 4 is 41.7 Å². The van der Waals surface area contributed by atoms with Gasteiger partial charge in [-0.2, -0.15) is 5.10 Å². The van der Waals surface area contributed by atoms with E-state index in [-0.39, 0.29) is 24.0 Å². The van der Waals surface area contributed by atoms with Crippen LogP contribution in [0, 0.1) is 6.92 Å². The van der Waals surface area contributed by atoms with Crippen LogP contribution in [-0.4, -0.2) is 47.5 Å². The maximum atomic E-state index is 11.8. The second kappa shape index (κ2) is 14.0. The molecule has 0 radical (unpaired) electrons. The molecule has 0 unspecified atom stereocenters. The number of aromatic nitrogens is 2. The smallest absolute Gasteiger partial charge is 0.412 e. The van der Waals surface area contributed by atoms with Crippen molar-refractivity contribution in [3.05, 3.63) is 47.3 Å². The predicted octanol–water partition coefficient (Wildman–Crippen LogP) is 4.41. The highest BCUT2D eigenvalue weighted by Gasteiger charge is 2.16. The van der Waals surface area contributed by atoms with Crippen LogP contribution in [0.1, 0.15) is 50.9 Å². The molecule has 9 heteroatoms. The van der Waals surface area contributed by atoms with Crippen molar-refractivity contribution in [2.24, 2.45) is 4.99 Å².